The second-order valence-corrected chi connectivity index (χ2v) is 22.2. The van der Waals surface area contributed by atoms with E-state index >= 15 is 0 Å². The lowest BCUT2D eigenvalue weighted by atomic mass is 9.99. The molecule has 81 heavy (non-hydrogen) atoms. The zero-order valence-corrected chi connectivity index (χ0v) is 51.4. The standard InChI is InChI=1S/C70H119NO10/c1-4-7-10-13-16-19-22-25-26-27-28-29-30-31-32-33-34-35-36-37-38-40-43-46-49-52-55-58-65(75)81-68-67(77)66(76)64(59-72)80-70(68)79-60-61(62(73)56-53-50-47-44-42-39-23-20-17-14-11-8-5-2)71-69(78)63(74)57-54-51-48-45-41-24-21-18-15-12-9-6-3/h9,12,15-16,18-19,21,24-26,28-29,41,45,48,51,53,56,61-64,66-68,70,72-74,76-77H,4-8,10-11,13-14,17,20,22-23,27,30-40,42-44,46-47,49-50,52,54-55,57-60H2,1-3H3,(H,71,78)/b12-9+,18-15+,19-16-,24-21-,26-25-,29-28-,45-41-,51-48+,56-53+. The van der Waals surface area contributed by atoms with Gasteiger partial charge in [-0.05, 0) is 77.0 Å². The number of amides is 1. The Morgan fingerprint density at radius 1 is 0.506 bits per heavy atom. The Bertz CT molecular complexity index is 1730. The maximum atomic E-state index is 13.4. The van der Waals surface area contributed by atoms with Crippen LogP contribution < -0.4 is 5.32 Å². The summed E-state index contributed by atoms with van der Waals surface area (Å²) in [5.74, 6) is -1.28. The van der Waals surface area contributed by atoms with Gasteiger partial charge in [-0.3, -0.25) is 9.59 Å². The number of ether oxygens (including phenoxy) is 3. The molecule has 1 saturated heterocycles. The minimum absolute atomic E-state index is 0.109. The summed E-state index contributed by atoms with van der Waals surface area (Å²) >= 11 is 0. The number of carbonyl (C=O) groups is 2. The molecule has 8 unspecified atom stereocenters. The van der Waals surface area contributed by atoms with Crippen molar-refractivity contribution in [1.82, 2.24) is 5.32 Å². The molecule has 11 heteroatoms. The quantitative estimate of drug-likeness (QED) is 0.0149. The number of rotatable bonds is 54. The van der Waals surface area contributed by atoms with Crippen molar-refractivity contribution in [2.24, 2.45) is 0 Å². The maximum Gasteiger partial charge on any atom is 0.306 e. The van der Waals surface area contributed by atoms with E-state index in [1.54, 1.807) is 6.08 Å². The Morgan fingerprint density at radius 2 is 0.938 bits per heavy atom. The summed E-state index contributed by atoms with van der Waals surface area (Å²) in [4.78, 5) is 26.5. The van der Waals surface area contributed by atoms with E-state index in [0.717, 1.165) is 64.2 Å². The van der Waals surface area contributed by atoms with Crippen LogP contribution in [0.1, 0.15) is 258 Å². The molecule has 464 valence electrons. The Kier molecular flexibility index (Phi) is 52.8. The molecule has 6 N–H and O–H groups in total. The molecule has 0 aromatic rings. The fourth-order valence-corrected chi connectivity index (χ4v) is 9.63. The van der Waals surface area contributed by atoms with Crippen molar-refractivity contribution in [3.8, 4) is 0 Å². The Balaban J connectivity index is 2.59. The number of hydrogen-bond donors (Lipinski definition) is 6. The summed E-state index contributed by atoms with van der Waals surface area (Å²) in [6.07, 6.45) is 67.3. The topological polar surface area (TPSA) is 175 Å². The first-order chi connectivity index (χ1) is 39.7. The Hall–Kier alpha value is -3.68. The molecule has 1 rings (SSSR count). The third kappa shape index (κ3) is 44.5. The lowest BCUT2D eigenvalue weighted by Crippen LogP contribution is -2.61. The van der Waals surface area contributed by atoms with Gasteiger partial charge in [-0.15, -0.1) is 0 Å². The van der Waals surface area contributed by atoms with Gasteiger partial charge in [0.2, 0.25) is 5.91 Å². The zero-order valence-electron chi connectivity index (χ0n) is 51.4. The van der Waals surface area contributed by atoms with E-state index in [-0.39, 0.29) is 19.4 Å². The van der Waals surface area contributed by atoms with E-state index in [1.807, 2.05) is 60.8 Å². The lowest BCUT2D eigenvalue weighted by molar-refractivity contribution is -0.305. The first kappa shape index (κ1) is 75.3. The normalized spacial score (nSPS) is 19.4. The minimum atomic E-state index is -1.63. The third-order valence-corrected chi connectivity index (χ3v) is 14.8. The van der Waals surface area contributed by atoms with Gasteiger partial charge < -0.3 is 45.1 Å². The number of carbonyl (C=O) groups excluding carboxylic acids is 2. The summed E-state index contributed by atoms with van der Waals surface area (Å²) in [7, 11) is 0. The summed E-state index contributed by atoms with van der Waals surface area (Å²) in [5.41, 5.74) is 0. The number of nitrogens with one attached hydrogen (secondary N) is 1. The fraction of sp³-hybridized carbons (Fsp3) is 0.714. The van der Waals surface area contributed by atoms with E-state index in [0.29, 0.717) is 12.8 Å². The van der Waals surface area contributed by atoms with Crippen molar-refractivity contribution < 1.29 is 49.3 Å². The fourth-order valence-electron chi connectivity index (χ4n) is 9.63. The van der Waals surface area contributed by atoms with Crippen LogP contribution in [0.2, 0.25) is 0 Å². The van der Waals surface area contributed by atoms with E-state index in [2.05, 4.69) is 68.6 Å². The molecule has 8 atom stereocenters. The van der Waals surface area contributed by atoms with Crippen LogP contribution in [-0.4, -0.2) is 99.6 Å². The molecule has 0 aliphatic carbocycles. The van der Waals surface area contributed by atoms with Gasteiger partial charge in [-0.2, -0.15) is 0 Å². The Morgan fingerprint density at radius 3 is 1.44 bits per heavy atom. The zero-order chi connectivity index (χ0) is 58.9. The minimum Gasteiger partial charge on any atom is -0.454 e. The summed E-state index contributed by atoms with van der Waals surface area (Å²) in [6, 6.07) is -1.07. The van der Waals surface area contributed by atoms with Gasteiger partial charge in [-0.1, -0.05) is 284 Å². The summed E-state index contributed by atoms with van der Waals surface area (Å²) < 4.78 is 17.6. The molecule has 0 spiro atoms. The molecular weight excluding hydrogens is 1010 g/mol. The highest BCUT2D eigenvalue weighted by atomic mass is 16.7. The van der Waals surface area contributed by atoms with Crippen LogP contribution in [0, 0.1) is 0 Å². The van der Waals surface area contributed by atoms with Crippen LogP contribution in [0.15, 0.2) is 109 Å². The second-order valence-electron chi connectivity index (χ2n) is 22.2. The molecule has 0 aromatic heterocycles. The average molecular weight is 1130 g/mol. The monoisotopic (exact) mass is 1130 g/mol. The highest BCUT2D eigenvalue weighted by molar-refractivity contribution is 5.80. The molecule has 0 saturated carbocycles. The number of aliphatic hydroxyl groups excluding tert-OH is 5. The number of unbranched alkanes of at least 4 members (excludes halogenated alkanes) is 28. The van der Waals surface area contributed by atoms with Crippen LogP contribution in [0.4, 0.5) is 0 Å². The van der Waals surface area contributed by atoms with Gasteiger partial charge in [0.25, 0.3) is 0 Å². The Labute approximate surface area is 494 Å². The highest BCUT2D eigenvalue weighted by Crippen LogP contribution is 2.26. The van der Waals surface area contributed by atoms with Gasteiger partial charge in [0.05, 0.1) is 25.4 Å². The van der Waals surface area contributed by atoms with Gasteiger partial charge in [0, 0.05) is 6.42 Å². The average Bonchev–Trinajstić information content (AvgIpc) is 3.50. The van der Waals surface area contributed by atoms with Crippen molar-refractivity contribution >= 4 is 11.9 Å². The van der Waals surface area contributed by atoms with Crippen molar-refractivity contribution in [2.75, 3.05) is 13.2 Å². The molecule has 0 radical (unpaired) electrons. The van der Waals surface area contributed by atoms with Crippen LogP contribution in [0.3, 0.4) is 0 Å². The highest BCUT2D eigenvalue weighted by Gasteiger charge is 2.47. The van der Waals surface area contributed by atoms with Gasteiger partial charge >= 0.3 is 5.97 Å². The molecule has 0 bridgehead atoms. The van der Waals surface area contributed by atoms with E-state index in [4.69, 9.17) is 14.2 Å². The summed E-state index contributed by atoms with van der Waals surface area (Å²) in [6.45, 7) is 5.57. The number of aliphatic hydroxyl groups is 5. The number of hydrogen-bond acceptors (Lipinski definition) is 10. The molecule has 1 amide bonds. The van der Waals surface area contributed by atoms with Crippen molar-refractivity contribution in [3.63, 3.8) is 0 Å². The van der Waals surface area contributed by atoms with Gasteiger partial charge in [-0.25, -0.2) is 0 Å². The summed E-state index contributed by atoms with van der Waals surface area (Å²) in [5, 5.41) is 56.9. The molecule has 1 aliphatic rings. The van der Waals surface area contributed by atoms with Crippen LogP contribution >= 0.6 is 0 Å². The molecular formula is C70H119NO10. The molecule has 1 aliphatic heterocycles. The number of esters is 1. The second kappa shape index (κ2) is 56.8. The first-order valence-electron chi connectivity index (χ1n) is 32.7. The van der Waals surface area contributed by atoms with Crippen LogP contribution in [0.25, 0.3) is 0 Å². The predicted molar refractivity (Wildman–Crippen MR) is 338 cm³/mol. The largest absolute Gasteiger partial charge is 0.454 e. The SMILES string of the molecule is CC/C=C/C=C/C=C\C=C/C=C/CCC(O)C(=O)NC(COC1OC(CO)C(O)C(O)C1OC(=O)CCCCCCCCCCCCCCCC/C=C\C/C=C\C/C=C\CCCCC)C(O)/C=C/CCCCCCCCCCCCC. The lowest BCUT2D eigenvalue weighted by Gasteiger charge is -2.41. The predicted octanol–water partition coefficient (Wildman–Crippen LogP) is 16.1. The molecule has 0 aromatic carbocycles. The van der Waals surface area contributed by atoms with Crippen LogP contribution in [-0.2, 0) is 23.8 Å². The van der Waals surface area contributed by atoms with E-state index < -0.39 is 67.4 Å². The van der Waals surface area contributed by atoms with Crippen LogP contribution in [0.5, 0.6) is 0 Å². The van der Waals surface area contributed by atoms with Crippen molar-refractivity contribution in [1.29, 1.82) is 0 Å². The van der Waals surface area contributed by atoms with E-state index in [1.165, 1.54) is 148 Å². The smallest absolute Gasteiger partial charge is 0.306 e. The molecule has 11 nitrogen and oxygen atoms in total. The maximum absolute atomic E-state index is 13.4. The van der Waals surface area contributed by atoms with Crippen molar-refractivity contribution in [3.05, 3.63) is 109 Å². The first-order valence-corrected chi connectivity index (χ1v) is 32.7. The third-order valence-electron chi connectivity index (χ3n) is 14.8. The molecule has 1 heterocycles. The van der Waals surface area contributed by atoms with E-state index in [9.17, 15) is 35.1 Å². The molecule has 1 fully saturated rings. The van der Waals surface area contributed by atoms with Crippen molar-refractivity contribution in [2.45, 2.75) is 307 Å². The van der Waals surface area contributed by atoms with Gasteiger partial charge in [0.1, 0.15) is 24.4 Å². The van der Waals surface area contributed by atoms with Gasteiger partial charge in [0.15, 0.2) is 12.4 Å². The number of allylic oxidation sites excluding steroid dienone is 17.